The van der Waals surface area contributed by atoms with Crippen molar-refractivity contribution < 1.29 is 14.3 Å². The highest BCUT2D eigenvalue weighted by Crippen LogP contribution is 2.40. The van der Waals surface area contributed by atoms with Gasteiger partial charge >= 0.3 is 0 Å². The minimum absolute atomic E-state index is 0.224. The number of benzene rings is 1. The average Bonchev–Trinajstić information content (AvgIpc) is 3.07. The Kier molecular flexibility index (Phi) is 5.57. The van der Waals surface area contributed by atoms with Gasteiger partial charge in [-0.3, -0.25) is 14.6 Å². The molecule has 0 unspecified atom stereocenters. The number of carbonyl (C=O) groups is 2. The molecule has 0 saturated carbocycles. The number of hydrogen-bond acceptors (Lipinski definition) is 4. The molecule has 0 fully saturated rings. The summed E-state index contributed by atoms with van der Waals surface area (Å²) in [7, 11) is 0. The first kappa shape index (κ1) is 18.4. The molecule has 1 aliphatic heterocycles. The molecule has 136 valence electrons. The minimum Gasteiger partial charge on any atom is -0.487 e. The third kappa shape index (κ3) is 3.88. The van der Waals surface area contributed by atoms with E-state index in [1.165, 1.54) is 0 Å². The van der Waals surface area contributed by atoms with Gasteiger partial charge in [0.05, 0.1) is 6.54 Å². The van der Waals surface area contributed by atoms with Gasteiger partial charge in [0.25, 0.3) is 5.91 Å². The number of Topliss-reactive ketones (excluding diaryl/α,β-unsaturated/α-hetero) is 1. The Morgan fingerprint density at radius 3 is 2.77 bits per heavy atom. The fourth-order valence-electron chi connectivity index (χ4n) is 2.96. The number of fused-ring (bicyclic) bond motifs is 1. The highest BCUT2D eigenvalue weighted by atomic mass is 35.5. The number of nitrogens with zero attached hydrogens (tertiary/aromatic N) is 1. The van der Waals surface area contributed by atoms with Crippen molar-refractivity contribution in [3.63, 3.8) is 0 Å². The molecule has 2 heterocycles. The van der Waals surface area contributed by atoms with Crippen molar-refractivity contribution in [2.75, 3.05) is 6.54 Å². The number of aromatic nitrogens is 1. The van der Waals surface area contributed by atoms with Crippen molar-refractivity contribution in [1.82, 2.24) is 10.3 Å². The number of amides is 1. The van der Waals surface area contributed by atoms with Crippen molar-refractivity contribution in [2.24, 2.45) is 5.92 Å². The van der Waals surface area contributed by atoms with Crippen LogP contribution in [0.3, 0.4) is 0 Å². The second kappa shape index (κ2) is 7.87. The van der Waals surface area contributed by atoms with Gasteiger partial charge in [0.15, 0.2) is 0 Å². The van der Waals surface area contributed by atoms with Crippen LogP contribution < -0.4 is 10.1 Å². The Bertz CT molecular complexity index is 823. The van der Waals surface area contributed by atoms with Crippen LogP contribution in [0.5, 0.6) is 5.75 Å². The zero-order valence-corrected chi connectivity index (χ0v) is 15.5. The summed E-state index contributed by atoms with van der Waals surface area (Å²) < 4.78 is 6.06. The van der Waals surface area contributed by atoms with Gasteiger partial charge in [-0.1, -0.05) is 25.4 Å². The van der Waals surface area contributed by atoms with E-state index in [-0.39, 0.29) is 24.3 Å². The molecule has 0 bridgehead atoms. The fraction of sp³-hybridized carbons (Fsp3) is 0.350. The van der Waals surface area contributed by atoms with Crippen LogP contribution in [0.2, 0.25) is 5.02 Å². The van der Waals surface area contributed by atoms with Gasteiger partial charge < -0.3 is 10.1 Å². The second-order valence-corrected chi connectivity index (χ2v) is 6.94. The van der Waals surface area contributed by atoms with Gasteiger partial charge in [-0.05, 0) is 36.2 Å². The number of pyridine rings is 1. The molecule has 2 aromatic rings. The lowest BCUT2D eigenvalue weighted by Gasteiger charge is -2.14. The maximum absolute atomic E-state index is 12.0. The molecule has 1 aromatic heterocycles. The lowest BCUT2D eigenvalue weighted by atomic mass is 10.0. The highest BCUT2D eigenvalue weighted by molar-refractivity contribution is 6.36. The van der Waals surface area contributed by atoms with Crippen LogP contribution in [-0.4, -0.2) is 29.3 Å². The summed E-state index contributed by atoms with van der Waals surface area (Å²) in [6, 6.07) is 7.54. The standard InChI is InChI=1S/C20H21ClN2O3/c1-3-12(2)18(24)20(25)23-11-16-9-14-8-15(21)10-17(19(14)26-16)13-4-6-22-7-5-13/h4-8,10,12,16H,3,9,11H2,1-2H3,(H,23,25)/t12-,16-/m0/s1. The predicted octanol–water partition coefficient (Wildman–Crippen LogP) is 3.44. The van der Waals surface area contributed by atoms with E-state index in [2.05, 4.69) is 10.3 Å². The van der Waals surface area contributed by atoms with Crippen LogP contribution in [-0.2, 0) is 16.0 Å². The summed E-state index contributed by atoms with van der Waals surface area (Å²) in [5.74, 6) is -0.434. The van der Waals surface area contributed by atoms with E-state index in [1.807, 2.05) is 31.2 Å². The molecule has 26 heavy (non-hydrogen) atoms. The Morgan fingerprint density at radius 1 is 1.35 bits per heavy atom. The Morgan fingerprint density at radius 2 is 2.08 bits per heavy atom. The van der Waals surface area contributed by atoms with E-state index in [1.54, 1.807) is 19.3 Å². The molecule has 2 atom stereocenters. The van der Waals surface area contributed by atoms with Crippen molar-refractivity contribution in [1.29, 1.82) is 0 Å². The van der Waals surface area contributed by atoms with Gasteiger partial charge in [-0.25, -0.2) is 0 Å². The normalized spacial score (nSPS) is 16.5. The quantitative estimate of drug-likeness (QED) is 0.789. The zero-order valence-electron chi connectivity index (χ0n) is 14.8. The number of ketones is 1. The van der Waals surface area contributed by atoms with E-state index in [4.69, 9.17) is 16.3 Å². The maximum atomic E-state index is 12.0. The van der Waals surface area contributed by atoms with Gasteiger partial charge in [0.1, 0.15) is 11.9 Å². The van der Waals surface area contributed by atoms with E-state index in [0.717, 1.165) is 22.4 Å². The van der Waals surface area contributed by atoms with Crippen LogP contribution in [0.15, 0.2) is 36.7 Å². The maximum Gasteiger partial charge on any atom is 0.287 e. The highest BCUT2D eigenvalue weighted by Gasteiger charge is 2.28. The minimum atomic E-state index is -0.550. The number of nitrogens with one attached hydrogen (secondary N) is 1. The summed E-state index contributed by atoms with van der Waals surface area (Å²) in [6.45, 7) is 3.92. The summed E-state index contributed by atoms with van der Waals surface area (Å²) in [6.07, 6.45) is 4.49. The first-order valence-electron chi connectivity index (χ1n) is 8.71. The Balaban J connectivity index is 1.71. The summed E-state index contributed by atoms with van der Waals surface area (Å²) in [5, 5.41) is 3.33. The molecule has 6 heteroatoms. The number of hydrogen-bond donors (Lipinski definition) is 1. The first-order chi connectivity index (χ1) is 12.5. The number of rotatable bonds is 6. The van der Waals surface area contributed by atoms with Crippen LogP contribution in [0.25, 0.3) is 11.1 Å². The largest absolute Gasteiger partial charge is 0.487 e. The molecule has 0 saturated heterocycles. The Hall–Kier alpha value is -2.40. The van der Waals surface area contributed by atoms with Crippen molar-refractivity contribution in [3.05, 3.63) is 47.2 Å². The van der Waals surface area contributed by atoms with E-state index >= 15 is 0 Å². The third-order valence-electron chi connectivity index (χ3n) is 4.63. The monoisotopic (exact) mass is 372 g/mol. The van der Waals surface area contributed by atoms with Crippen LogP contribution >= 0.6 is 11.6 Å². The lowest BCUT2D eigenvalue weighted by Crippen LogP contribution is -2.40. The molecule has 0 radical (unpaired) electrons. The second-order valence-electron chi connectivity index (χ2n) is 6.51. The average molecular weight is 373 g/mol. The summed E-state index contributed by atoms with van der Waals surface area (Å²) >= 11 is 6.26. The van der Waals surface area contributed by atoms with Gasteiger partial charge in [0.2, 0.25) is 5.78 Å². The smallest absolute Gasteiger partial charge is 0.287 e. The topological polar surface area (TPSA) is 68.3 Å². The summed E-state index contributed by atoms with van der Waals surface area (Å²) in [4.78, 5) is 27.9. The molecule has 1 aliphatic rings. The first-order valence-corrected chi connectivity index (χ1v) is 9.09. The molecular weight excluding hydrogens is 352 g/mol. The molecule has 5 nitrogen and oxygen atoms in total. The predicted molar refractivity (Wildman–Crippen MR) is 100 cm³/mol. The molecule has 1 aromatic carbocycles. The van der Waals surface area contributed by atoms with Crippen LogP contribution in [0.1, 0.15) is 25.8 Å². The Labute approximate surface area is 157 Å². The molecule has 1 N–H and O–H groups in total. The molecule has 0 aliphatic carbocycles. The van der Waals surface area contributed by atoms with Crippen LogP contribution in [0.4, 0.5) is 0 Å². The molecular formula is C20H21ClN2O3. The molecule has 0 spiro atoms. The van der Waals surface area contributed by atoms with Crippen molar-refractivity contribution in [2.45, 2.75) is 32.8 Å². The number of halogens is 1. The lowest BCUT2D eigenvalue weighted by molar-refractivity contribution is -0.140. The third-order valence-corrected chi connectivity index (χ3v) is 4.85. The molecule has 3 rings (SSSR count). The van der Waals surface area contributed by atoms with Crippen molar-refractivity contribution in [3.8, 4) is 16.9 Å². The number of carbonyl (C=O) groups excluding carboxylic acids is 2. The van der Waals surface area contributed by atoms with Crippen LogP contribution in [0, 0.1) is 5.92 Å². The van der Waals surface area contributed by atoms with Gasteiger partial charge in [0, 0.05) is 40.9 Å². The van der Waals surface area contributed by atoms with Gasteiger partial charge in [-0.2, -0.15) is 0 Å². The fourth-order valence-corrected chi connectivity index (χ4v) is 3.20. The van der Waals surface area contributed by atoms with Gasteiger partial charge in [-0.15, -0.1) is 0 Å². The van der Waals surface area contributed by atoms with E-state index in [0.29, 0.717) is 17.9 Å². The SMILES string of the molecule is CC[C@H](C)C(=O)C(=O)NC[C@@H]1Cc2cc(Cl)cc(-c3ccncc3)c2O1. The van der Waals surface area contributed by atoms with Crippen molar-refractivity contribution >= 4 is 23.3 Å². The molecule has 1 amide bonds. The van der Waals surface area contributed by atoms with E-state index < -0.39 is 5.91 Å². The summed E-state index contributed by atoms with van der Waals surface area (Å²) in [5.41, 5.74) is 2.87. The van der Waals surface area contributed by atoms with E-state index in [9.17, 15) is 9.59 Å². The number of ether oxygens (including phenoxy) is 1. The zero-order chi connectivity index (χ0) is 18.7.